The maximum atomic E-state index is 12.8. The van der Waals surface area contributed by atoms with Crippen molar-refractivity contribution in [1.82, 2.24) is 9.88 Å². The van der Waals surface area contributed by atoms with E-state index in [1.807, 2.05) is 37.3 Å². The Bertz CT molecular complexity index is 1320. The Morgan fingerprint density at radius 1 is 0.788 bits per heavy atom. The first-order valence-corrected chi connectivity index (χ1v) is 10.7. The van der Waals surface area contributed by atoms with Gasteiger partial charge in [-0.15, -0.1) is 0 Å². The van der Waals surface area contributed by atoms with Crippen molar-refractivity contribution in [3.8, 4) is 28.1 Å². The van der Waals surface area contributed by atoms with Crippen LogP contribution in [0.1, 0.15) is 31.8 Å². The summed E-state index contributed by atoms with van der Waals surface area (Å²) in [5, 5.41) is 0. The number of benzene rings is 3. The predicted molar refractivity (Wildman–Crippen MR) is 127 cm³/mol. The van der Waals surface area contributed by atoms with E-state index in [2.05, 4.69) is 24.3 Å². The molecule has 0 fully saturated rings. The molecule has 1 aromatic heterocycles. The minimum Gasteiger partial charge on any atom is -0.497 e. The highest BCUT2D eigenvalue weighted by atomic mass is 16.5. The molecule has 5 heteroatoms. The van der Waals surface area contributed by atoms with Gasteiger partial charge in [0.05, 0.1) is 30.5 Å². The minimum atomic E-state index is -0.274. The number of methoxy groups -OCH3 is 1. The number of hydrogen-bond donors (Lipinski definition) is 0. The van der Waals surface area contributed by atoms with E-state index in [0.717, 1.165) is 33.7 Å². The molecule has 1 aliphatic rings. The third kappa shape index (κ3) is 3.78. The Labute approximate surface area is 192 Å². The highest BCUT2D eigenvalue weighted by Gasteiger charge is 2.35. The van der Waals surface area contributed by atoms with E-state index in [1.54, 1.807) is 37.6 Å². The lowest BCUT2D eigenvalue weighted by molar-refractivity contribution is 0.0642. The second-order valence-corrected chi connectivity index (χ2v) is 8.08. The molecule has 0 spiro atoms. The maximum absolute atomic E-state index is 12.8. The molecule has 0 radical (unpaired) electrons. The molecular weight excluding hydrogens is 412 g/mol. The van der Waals surface area contributed by atoms with Gasteiger partial charge < -0.3 is 4.74 Å². The van der Waals surface area contributed by atoms with Crippen LogP contribution in [0, 0.1) is 6.92 Å². The summed E-state index contributed by atoms with van der Waals surface area (Å²) in [7, 11) is 1.64. The van der Waals surface area contributed by atoms with Gasteiger partial charge in [0.15, 0.2) is 0 Å². The molecule has 0 bridgehead atoms. The molecule has 5 rings (SSSR count). The number of aromatic nitrogens is 1. The molecule has 3 aromatic carbocycles. The van der Waals surface area contributed by atoms with Gasteiger partial charge in [0.1, 0.15) is 5.75 Å². The standard InChI is InChI=1S/C28H22N2O3/c1-18-7-9-21(10-8-18)26-25(20-11-13-22(33-2)14-12-20)15-19(16-29-26)17-30-27(31)23-5-3-4-6-24(23)28(30)32/h3-16H,17H2,1-2H3. The van der Waals surface area contributed by atoms with Crippen LogP contribution in [-0.2, 0) is 6.54 Å². The molecule has 0 aliphatic carbocycles. The molecule has 0 unspecified atom stereocenters. The van der Waals surface area contributed by atoms with E-state index in [1.165, 1.54) is 10.5 Å². The molecule has 2 heterocycles. The van der Waals surface area contributed by atoms with Gasteiger partial charge in [0, 0.05) is 17.3 Å². The van der Waals surface area contributed by atoms with Crippen molar-refractivity contribution in [3.05, 3.63) is 107 Å². The molecule has 0 saturated carbocycles. The number of fused-ring (bicyclic) bond motifs is 1. The fourth-order valence-corrected chi connectivity index (χ4v) is 4.09. The van der Waals surface area contributed by atoms with E-state index < -0.39 is 0 Å². The van der Waals surface area contributed by atoms with Crippen molar-refractivity contribution < 1.29 is 14.3 Å². The number of hydrogen-bond acceptors (Lipinski definition) is 4. The molecule has 2 amide bonds. The Morgan fingerprint density at radius 2 is 1.39 bits per heavy atom. The number of amides is 2. The van der Waals surface area contributed by atoms with Gasteiger partial charge in [-0.2, -0.15) is 0 Å². The molecule has 0 saturated heterocycles. The van der Waals surface area contributed by atoms with Crippen LogP contribution in [0.2, 0.25) is 0 Å². The van der Waals surface area contributed by atoms with Crippen LogP contribution in [0.5, 0.6) is 5.75 Å². The Kier molecular flexibility index (Phi) is 5.23. The summed E-state index contributed by atoms with van der Waals surface area (Å²) in [4.78, 5) is 31.7. The summed E-state index contributed by atoms with van der Waals surface area (Å²) in [6, 6.07) is 24.9. The molecule has 0 N–H and O–H groups in total. The first-order valence-electron chi connectivity index (χ1n) is 10.7. The Morgan fingerprint density at radius 3 is 2.00 bits per heavy atom. The van der Waals surface area contributed by atoms with Crippen molar-refractivity contribution in [2.75, 3.05) is 7.11 Å². The van der Waals surface area contributed by atoms with Crippen LogP contribution in [0.15, 0.2) is 85.1 Å². The molecule has 1 aliphatic heterocycles. The van der Waals surface area contributed by atoms with Gasteiger partial charge in [-0.3, -0.25) is 19.5 Å². The maximum Gasteiger partial charge on any atom is 0.261 e. The van der Waals surface area contributed by atoms with Gasteiger partial charge in [-0.1, -0.05) is 54.1 Å². The molecule has 5 nitrogen and oxygen atoms in total. The second kappa shape index (κ2) is 8.36. The fourth-order valence-electron chi connectivity index (χ4n) is 4.09. The lowest BCUT2D eigenvalue weighted by Crippen LogP contribution is -2.29. The monoisotopic (exact) mass is 434 g/mol. The van der Waals surface area contributed by atoms with Crippen LogP contribution < -0.4 is 4.74 Å². The number of ether oxygens (including phenoxy) is 1. The zero-order chi connectivity index (χ0) is 22.9. The number of aryl methyl sites for hydroxylation is 1. The highest BCUT2D eigenvalue weighted by Crippen LogP contribution is 2.33. The zero-order valence-corrected chi connectivity index (χ0v) is 18.4. The fraction of sp³-hybridized carbons (Fsp3) is 0.107. The van der Waals surface area contributed by atoms with Crippen LogP contribution >= 0.6 is 0 Å². The Hall–Kier alpha value is -4.25. The number of rotatable bonds is 5. The first-order chi connectivity index (χ1) is 16.0. The third-order valence-corrected chi connectivity index (χ3v) is 5.89. The lowest BCUT2D eigenvalue weighted by Gasteiger charge is -2.16. The normalized spacial score (nSPS) is 12.7. The van der Waals surface area contributed by atoms with Gasteiger partial charge >= 0.3 is 0 Å². The molecule has 33 heavy (non-hydrogen) atoms. The van der Waals surface area contributed by atoms with Crippen LogP contribution in [-0.4, -0.2) is 28.8 Å². The van der Waals surface area contributed by atoms with Crippen molar-refractivity contribution in [1.29, 1.82) is 0 Å². The lowest BCUT2D eigenvalue weighted by atomic mass is 9.97. The molecule has 0 atom stereocenters. The van der Waals surface area contributed by atoms with Gasteiger partial charge in [0.25, 0.3) is 11.8 Å². The molecule has 4 aromatic rings. The number of carbonyl (C=O) groups is 2. The van der Waals surface area contributed by atoms with Crippen LogP contribution in [0.3, 0.4) is 0 Å². The summed E-state index contributed by atoms with van der Waals surface area (Å²) in [5.74, 6) is 0.221. The molecular formula is C28H22N2O3. The predicted octanol–water partition coefficient (Wildman–Crippen LogP) is 5.53. The highest BCUT2D eigenvalue weighted by molar-refractivity contribution is 6.21. The average Bonchev–Trinajstić information content (AvgIpc) is 3.10. The van der Waals surface area contributed by atoms with Gasteiger partial charge in [0.2, 0.25) is 0 Å². The van der Waals surface area contributed by atoms with E-state index in [-0.39, 0.29) is 18.4 Å². The average molecular weight is 434 g/mol. The quantitative estimate of drug-likeness (QED) is 0.388. The second-order valence-electron chi connectivity index (χ2n) is 8.08. The summed E-state index contributed by atoms with van der Waals surface area (Å²) in [5.41, 5.74) is 6.59. The van der Waals surface area contributed by atoms with Crippen molar-refractivity contribution in [3.63, 3.8) is 0 Å². The van der Waals surface area contributed by atoms with Crippen LogP contribution in [0.4, 0.5) is 0 Å². The summed E-state index contributed by atoms with van der Waals surface area (Å²) < 4.78 is 5.30. The van der Waals surface area contributed by atoms with Gasteiger partial charge in [-0.25, -0.2) is 0 Å². The van der Waals surface area contributed by atoms with E-state index in [4.69, 9.17) is 9.72 Å². The largest absolute Gasteiger partial charge is 0.497 e. The summed E-state index contributed by atoms with van der Waals surface area (Å²) in [6.45, 7) is 2.21. The van der Waals surface area contributed by atoms with Crippen molar-refractivity contribution >= 4 is 11.8 Å². The van der Waals surface area contributed by atoms with Crippen LogP contribution in [0.25, 0.3) is 22.4 Å². The summed E-state index contributed by atoms with van der Waals surface area (Å²) in [6.07, 6.45) is 1.74. The van der Waals surface area contributed by atoms with E-state index in [9.17, 15) is 9.59 Å². The Balaban J connectivity index is 1.55. The minimum absolute atomic E-state index is 0.163. The first kappa shape index (κ1) is 20.6. The van der Waals surface area contributed by atoms with E-state index >= 15 is 0 Å². The smallest absolute Gasteiger partial charge is 0.261 e. The third-order valence-electron chi connectivity index (χ3n) is 5.89. The van der Waals surface area contributed by atoms with Crippen molar-refractivity contribution in [2.45, 2.75) is 13.5 Å². The number of carbonyl (C=O) groups excluding carboxylic acids is 2. The number of pyridine rings is 1. The number of imide groups is 1. The topological polar surface area (TPSA) is 59.5 Å². The number of nitrogens with zero attached hydrogens (tertiary/aromatic N) is 2. The zero-order valence-electron chi connectivity index (χ0n) is 18.4. The van der Waals surface area contributed by atoms with E-state index in [0.29, 0.717) is 11.1 Å². The summed E-state index contributed by atoms with van der Waals surface area (Å²) >= 11 is 0. The van der Waals surface area contributed by atoms with Gasteiger partial charge in [-0.05, 0) is 48.4 Å². The SMILES string of the molecule is COc1ccc(-c2cc(CN3C(=O)c4ccccc4C3=O)cnc2-c2ccc(C)cc2)cc1. The molecule has 162 valence electrons. The van der Waals surface area contributed by atoms with Crippen molar-refractivity contribution in [2.24, 2.45) is 0 Å².